The summed E-state index contributed by atoms with van der Waals surface area (Å²) in [5.41, 5.74) is -0.0919. The van der Waals surface area contributed by atoms with Crippen molar-refractivity contribution in [3.63, 3.8) is 0 Å². The second-order valence-corrected chi connectivity index (χ2v) is 9.79. The van der Waals surface area contributed by atoms with Gasteiger partial charge in [0, 0.05) is 13.1 Å². The number of nitrogens with one attached hydrogen (secondary N) is 2. The topological polar surface area (TPSA) is 108 Å². The van der Waals surface area contributed by atoms with E-state index < -0.39 is 29.5 Å². The van der Waals surface area contributed by atoms with E-state index in [0.717, 1.165) is 12.0 Å². The Morgan fingerprint density at radius 1 is 1.21 bits per heavy atom. The Labute approximate surface area is 195 Å². The average molecular weight is 458 g/mol. The van der Waals surface area contributed by atoms with Gasteiger partial charge in [-0.15, -0.1) is 0 Å². The fourth-order valence-corrected chi connectivity index (χ4v) is 5.92. The van der Waals surface area contributed by atoms with E-state index in [1.807, 2.05) is 51.1 Å². The molecule has 2 bridgehead atoms. The Morgan fingerprint density at radius 2 is 1.94 bits per heavy atom. The molecule has 3 aliphatic heterocycles. The smallest absolute Gasteiger partial charge is 0.246 e. The predicted octanol–water partition coefficient (Wildman–Crippen LogP) is 1.22. The highest BCUT2D eigenvalue weighted by molar-refractivity contribution is 5.99. The van der Waals surface area contributed by atoms with Crippen molar-refractivity contribution in [3.8, 4) is 0 Å². The van der Waals surface area contributed by atoms with Crippen molar-refractivity contribution in [1.29, 1.82) is 0 Å². The maximum atomic E-state index is 13.8. The second-order valence-electron chi connectivity index (χ2n) is 9.79. The van der Waals surface area contributed by atoms with E-state index in [2.05, 4.69) is 10.6 Å². The third-order valence-corrected chi connectivity index (χ3v) is 7.46. The number of hydrogen-bond acceptors (Lipinski definition) is 5. The van der Waals surface area contributed by atoms with Crippen molar-refractivity contribution in [1.82, 2.24) is 15.5 Å². The second kappa shape index (κ2) is 9.43. The lowest BCUT2D eigenvalue weighted by atomic mass is 9.70. The average Bonchev–Trinajstić information content (AvgIpc) is 3.45. The van der Waals surface area contributed by atoms with Crippen molar-refractivity contribution in [3.05, 3.63) is 35.9 Å². The minimum atomic E-state index is -1.04. The largest absolute Gasteiger partial charge is 0.394 e. The van der Waals surface area contributed by atoms with Crippen LogP contribution in [0.4, 0.5) is 0 Å². The molecule has 33 heavy (non-hydrogen) atoms. The molecule has 6 atom stereocenters. The summed E-state index contributed by atoms with van der Waals surface area (Å²) in [7, 11) is 0. The minimum Gasteiger partial charge on any atom is -0.394 e. The van der Waals surface area contributed by atoms with E-state index in [1.54, 1.807) is 0 Å². The van der Waals surface area contributed by atoms with Gasteiger partial charge >= 0.3 is 0 Å². The molecule has 1 aromatic carbocycles. The maximum absolute atomic E-state index is 13.8. The van der Waals surface area contributed by atoms with E-state index in [0.29, 0.717) is 25.9 Å². The lowest BCUT2D eigenvalue weighted by Crippen LogP contribution is -2.58. The van der Waals surface area contributed by atoms with E-state index >= 15 is 0 Å². The number of amides is 3. The summed E-state index contributed by atoms with van der Waals surface area (Å²) in [4.78, 5) is 42.0. The van der Waals surface area contributed by atoms with E-state index in [4.69, 9.17) is 4.74 Å². The SMILES string of the molecule is CCCNC(=O)[C@@H]1[C@@H]2CCC3(O2)C(C(=O)NCc2ccccc2)N([C@@H](CO)C(C)C)C(=O)[C@H]13. The molecular formula is C25H35N3O5. The molecule has 3 heterocycles. The molecule has 3 N–H and O–H groups in total. The maximum Gasteiger partial charge on any atom is 0.246 e. The number of benzene rings is 1. The zero-order chi connectivity index (χ0) is 23.8. The number of hydrogen-bond donors (Lipinski definition) is 3. The third kappa shape index (κ3) is 3.93. The van der Waals surface area contributed by atoms with Crippen LogP contribution in [0.25, 0.3) is 0 Å². The normalized spacial score (nSPS) is 31.1. The Bertz CT molecular complexity index is 891. The van der Waals surface area contributed by atoms with Crippen LogP contribution in [0.1, 0.15) is 45.6 Å². The molecule has 3 fully saturated rings. The number of likely N-dealkylation sites (tertiary alicyclic amines) is 1. The standard InChI is InChI=1S/C25H35N3O5/c1-4-12-26-22(30)19-18-10-11-25(33-18)20(19)24(32)28(17(14-29)15(2)3)21(25)23(31)27-13-16-8-6-5-7-9-16/h5-9,15,17-21,29H,4,10-14H2,1-3H3,(H,26,30)(H,27,31)/t17-,18-,19+,20-,21?,25?/m0/s1. The lowest BCUT2D eigenvalue weighted by Gasteiger charge is -2.38. The number of aliphatic hydroxyl groups is 1. The highest BCUT2D eigenvalue weighted by Gasteiger charge is 2.75. The van der Waals surface area contributed by atoms with Gasteiger partial charge in [0.2, 0.25) is 17.7 Å². The summed E-state index contributed by atoms with van der Waals surface area (Å²) in [6.45, 7) is 6.42. The van der Waals surface area contributed by atoms with Crippen molar-refractivity contribution >= 4 is 17.7 Å². The van der Waals surface area contributed by atoms with Crippen molar-refractivity contribution in [2.75, 3.05) is 13.2 Å². The summed E-state index contributed by atoms with van der Waals surface area (Å²) in [5, 5.41) is 16.1. The summed E-state index contributed by atoms with van der Waals surface area (Å²) in [5.74, 6) is -2.14. The molecule has 1 spiro atoms. The van der Waals surface area contributed by atoms with Gasteiger partial charge in [0.15, 0.2) is 0 Å². The quantitative estimate of drug-likeness (QED) is 0.517. The molecule has 8 heteroatoms. The first-order valence-corrected chi connectivity index (χ1v) is 12.1. The van der Waals surface area contributed by atoms with Gasteiger partial charge in [-0.2, -0.15) is 0 Å². The Kier molecular flexibility index (Phi) is 6.77. The molecule has 3 amide bonds. The Hall–Kier alpha value is -2.45. The lowest BCUT2D eigenvalue weighted by molar-refractivity contribution is -0.146. The van der Waals surface area contributed by atoms with Gasteiger partial charge in [0.1, 0.15) is 11.6 Å². The number of ether oxygens (including phenoxy) is 1. The third-order valence-electron chi connectivity index (χ3n) is 7.46. The number of aliphatic hydroxyl groups excluding tert-OH is 1. The molecule has 3 aliphatic rings. The van der Waals surface area contributed by atoms with Gasteiger partial charge < -0.3 is 25.4 Å². The Morgan fingerprint density at radius 3 is 2.58 bits per heavy atom. The molecule has 180 valence electrons. The zero-order valence-electron chi connectivity index (χ0n) is 19.6. The number of carbonyl (C=O) groups is 3. The predicted molar refractivity (Wildman–Crippen MR) is 122 cm³/mol. The summed E-state index contributed by atoms with van der Waals surface area (Å²) in [6, 6.07) is 8.16. The zero-order valence-corrected chi connectivity index (χ0v) is 19.6. The first kappa shape index (κ1) is 23.7. The molecule has 1 aromatic rings. The van der Waals surface area contributed by atoms with Crippen molar-refractivity contribution < 1.29 is 24.2 Å². The first-order chi connectivity index (χ1) is 15.9. The van der Waals surface area contributed by atoms with Gasteiger partial charge in [-0.25, -0.2) is 0 Å². The van der Waals surface area contributed by atoms with Gasteiger partial charge in [0.05, 0.1) is 30.6 Å². The van der Waals surface area contributed by atoms with Crippen LogP contribution >= 0.6 is 0 Å². The van der Waals surface area contributed by atoms with Gasteiger partial charge in [-0.1, -0.05) is 51.1 Å². The van der Waals surface area contributed by atoms with Crippen LogP contribution in [-0.4, -0.2) is 64.7 Å². The molecule has 0 aromatic heterocycles. The van der Waals surface area contributed by atoms with Crippen LogP contribution < -0.4 is 10.6 Å². The molecule has 8 nitrogen and oxygen atoms in total. The van der Waals surface area contributed by atoms with Crippen LogP contribution in [0.5, 0.6) is 0 Å². The van der Waals surface area contributed by atoms with E-state index in [1.165, 1.54) is 4.90 Å². The number of carbonyl (C=O) groups excluding carboxylic acids is 3. The fraction of sp³-hybridized carbons (Fsp3) is 0.640. The molecular weight excluding hydrogens is 422 g/mol. The number of rotatable bonds is 9. The highest BCUT2D eigenvalue weighted by Crippen LogP contribution is 2.58. The molecule has 0 radical (unpaired) electrons. The summed E-state index contributed by atoms with van der Waals surface area (Å²) < 4.78 is 6.39. The number of fused-ring (bicyclic) bond motifs is 1. The molecule has 4 rings (SSSR count). The monoisotopic (exact) mass is 457 g/mol. The van der Waals surface area contributed by atoms with E-state index in [-0.39, 0.29) is 36.4 Å². The van der Waals surface area contributed by atoms with E-state index in [9.17, 15) is 19.5 Å². The first-order valence-electron chi connectivity index (χ1n) is 12.1. The molecule has 3 saturated heterocycles. The Balaban J connectivity index is 1.67. The number of nitrogens with zero attached hydrogens (tertiary/aromatic N) is 1. The highest BCUT2D eigenvalue weighted by atomic mass is 16.5. The van der Waals surface area contributed by atoms with Crippen molar-refractivity contribution in [2.45, 2.75) is 70.4 Å². The van der Waals surface area contributed by atoms with Crippen LogP contribution in [0.2, 0.25) is 0 Å². The minimum absolute atomic E-state index is 0.0665. The fourth-order valence-electron chi connectivity index (χ4n) is 5.92. The van der Waals surface area contributed by atoms with Crippen LogP contribution in [0.3, 0.4) is 0 Å². The molecule has 0 saturated carbocycles. The molecule has 2 unspecified atom stereocenters. The van der Waals surface area contributed by atoms with Crippen LogP contribution in [-0.2, 0) is 25.7 Å². The van der Waals surface area contributed by atoms with Gasteiger partial charge in [-0.05, 0) is 30.7 Å². The summed E-state index contributed by atoms with van der Waals surface area (Å²) >= 11 is 0. The van der Waals surface area contributed by atoms with Gasteiger partial charge in [-0.3, -0.25) is 14.4 Å². The van der Waals surface area contributed by atoms with Crippen molar-refractivity contribution in [2.24, 2.45) is 17.8 Å². The summed E-state index contributed by atoms with van der Waals surface area (Å²) in [6.07, 6.45) is 1.61. The van der Waals surface area contributed by atoms with Crippen LogP contribution in [0.15, 0.2) is 30.3 Å². The van der Waals surface area contributed by atoms with Gasteiger partial charge in [0.25, 0.3) is 0 Å². The van der Waals surface area contributed by atoms with Crippen LogP contribution in [0, 0.1) is 17.8 Å². The molecule has 0 aliphatic carbocycles.